The summed E-state index contributed by atoms with van der Waals surface area (Å²) in [5.41, 5.74) is 5.17. The lowest BCUT2D eigenvalue weighted by molar-refractivity contribution is -0.0501. The number of ether oxygens (including phenoxy) is 1. The van der Waals surface area contributed by atoms with E-state index in [1.807, 2.05) is 6.92 Å². The molecule has 2 aromatic rings. The summed E-state index contributed by atoms with van der Waals surface area (Å²) in [5, 5.41) is 32.3. The zero-order valence-corrected chi connectivity index (χ0v) is 12.3. The van der Waals surface area contributed by atoms with Gasteiger partial charge in [0.05, 0.1) is 6.61 Å². The predicted octanol–water partition coefficient (Wildman–Crippen LogP) is -2.25. The maximum atomic E-state index is 12.0. The molecular formula is C12H18N6O5. The molecule has 3 rings (SSSR count). The number of hydrogen-bond donors (Lipinski definition) is 6. The Hall–Kier alpha value is -2.21. The second kappa shape index (κ2) is 5.77. The molecule has 2 aromatic heterocycles. The van der Waals surface area contributed by atoms with Gasteiger partial charge in [0.2, 0.25) is 11.9 Å². The number of hydrogen-bond acceptors (Lipinski definition) is 9. The van der Waals surface area contributed by atoms with Crippen molar-refractivity contribution >= 4 is 23.1 Å². The lowest BCUT2D eigenvalue weighted by Crippen LogP contribution is -2.33. The molecule has 23 heavy (non-hydrogen) atoms. The molecule has 11 nitrogen and oxygen atoms in total. The third-order valence-corrected chi connectivity index (χ3v) is 3.68. The number of H-pyrrole nitrogens is 1. The summed E-state index contributed by atoms with van der Waals surface area (Å²) >= 11 is 0. The molecule has 3 heterocycles. The van der Waals surface area contributed by atoms with Crippen molar-refractivity contribution in [1.29, 1.82) is 0 Å². The lowest BCUT2D eigenvalue weighted by atomic mass is 10.1. The number of nitrogens with zero attached hydrogens (tertiary/aromatic N) is 3. The van der Waals surface area contributed by atoms with E-state index in [1.165, 1.54) is 4.57 Å². The number of nitrogen functional groups attached to an aromatic ring is 1. The van der Waals surface area contributed by atoms with E-state index in [4.69, 9.17) is 10.5 Å². The van der Waals surface area contributed by atoms with Crippen molar-refractivity contribution in [3.8, 4) is 0 Å². The van der Waals surface area contributed by atoms with Gasteiger partial charge in [0.25, 0.3) is 5.56 Å². The van der Waals surface area contributed by atoms with Gasteiger partial charge in [-0.2, -0.15) is 4.98 Å². The van der Waals surface area contributed by atoms with Crippen LogP contribution >= 0.6 is 0 Å². The molecule has 0 spiro atoms. The number of anilines is 2. The molecule has 0 aliphatic carbocycles. The number of aromatic amines is 1. The third-order valence-electron chi connectivity index (χ3n) is 3.68. The minimum absolute atomic E-state index is 0.0212. The number of nitrogens with one attached hydrogen (secondary N) is 2. The van der Waals surface area contributed by atoms with Crippen LogP contribution in [0.2, 0.25) is 0 Å². The highest BCUT2D eigenvalue weighted by atomic mass is 16.6. The second-order valence-corrected chi connectivity index (χ2v) is 5.19. The molecule has 0 unspecified atom stereocenters. The summed E-state index contributed by atoms with van der Waals surface area (Å²) in [6, 6.07) is 0. The summed E-state index contributed by atoms with van der Waals surface area (Å²) in [6.07, 6.45) is -4.64. The highest BCUT2D eigenvalue weighted by molar-refractivity contribution is 5.74. The van der Waals surface area contributed by atoms with Gasteiger partial charge in [-0.05, 0) is 6.92 Å². The molecule has 0 bridgehead atoms. The molecule has 1 aliphatic rings. The van der Waals surface area contributed by atoms with Crippen LogP contribution in [0.4, 0.5) is 11.9 Å². The number of aliphatic hydroxyl groups excluding tert-OH is 3. The van der Waals surface area contributed by atoms with Gasteiger partial charge in [0.15, 0.2) is 17.4 Å². The zero-order chi connectivity index (χ0) is 16.7. The van der Waals surface area contributed by atoms with Crippen molar-refractivity contribution in [2.24, 2.45) is 0 Å². The summed E-state index contributed by atoms with van der Waals surface area (Å²) in [6.45, 7) is 1.85. The van der Waals surface area contributed by atoms with Crippen LogP contribution in [0.5, 0.6) is 0 Å². The van der Waals surface area contributed by atoms with E-state index >= 15 is 0 Å². The van der Waals surface area contributed by atoms with Crippen LogP contribution in [0.15, 0.2) is 4.79 Å². The van der Waals surface area contributed by atoms with Gasteiger partial charge in [0.1, 0.15) is 18.3 Å². The van der Waals surface area contributed by atoms with E-state index in [-0.39, 0.29) is 23.1 Å². The molecule has 1 fully saturated rings. The first-order valence-corrected chi connectivity index (χ1v) is 7.12. The van der Waals surface area contributed by atoms with Crippen LogP contribution in [0, 0.1) is 0 Å². The second-order valence-electron chi connectivity index (χ2n) is 5.19. The van der Waals surface area contributed by atoms with Crippen molar-refractivity contribution in [3.63, 3.8) is 0 Å². The summed E-state index contributed by atoms with van der Waals surface area (Å²) in [4.78, 5) is 22.5. The molecule has 4 atom stereocenters. The quantitative estimate of drug-likeness (QED) is 0.363. The van der Waals surface area contributed by atoms with E-state index in [1.54, 1.807) is 0 Å². The molecule has 1 aliphatic heterocycles. The average molecular weight is 326 g/mol. The van der Waals surface area contributed by atoms with Gasteiger partial charge in [-0.25, -0.2) is 4.98 Å². The highest BCUT2D eigenvalue weighted by Gasteiger charge is 2.45. The van der Waals surface area contributed by atoms with Crippen molar-refractivity contribution in [2.75, 3.05) is 24.2 Å². The van der Waals surface area contributed by atoms with E-state index in [2.05, 4.69) is 20.3 Å². The maximum absolute atomic E-state index is 12.0. The summed E-state index contributed by atoms with van der Waals surface area (Å²) in [7, 11) is 0. The molecule has 11 heteroatoms. The van der Waals surface area contributed by atoms with Gasteiger partial charge >= 0.3 is 0 Å². The molecule has 0 radical (unpaired) electrons. The molecule has 1 saturated heterocycles. The van der Waals surface area contributed by atoms with Crippen molar-refractivity contribution in [2.45, 2.75) is 31.5 Å². The molecule has 7 N–H and O–H groups in total. The van der Waals surface area contributed by atoms with E-state index in [0.29, 0.717) is 6.54 Å². The van der Waals surface area contributed by atoms with E-state index in [0.717, 1.165) is 0 Å². The minimum Gasteiger partial charge on any atom is -0.394 e. The molecule has 0 aromatic carbocycles. The van der Waals surface area contributed by atoms with Gasteiger partial charge in [-0.1, -0.05) is 0 Å². The topological polar surface area (TPSA) is 172 Å². The van der Waals surface area contributed by atoms with Crippen LogP contribution in [0.25, 0.3) is 11.2 Å². The van der Waals surface area contributed by atoms with Crippen molar-refractivity contribution in [3.05, 3.63) is 10.4 Å². The van der Waals surface area contributed by atoms with Crippen LogP contribution in [0.1, 0.15) is 13.2 Å². The summed E-state index contributed by atoms with van der Waals surface area (Å²) in [5.74, 6) is 0.124. The minimum atomic E-state index is -1.33. The van der Waals surface area contributed by atoms with E-state index < -0.39 is 36.7 Å². The standard InChI is InChI=1S/C12H18N6O5/c1-2-14-12-15-5-8(16-11(13)17-9(5)22)18(12)10-7(21)6(20)4(3-19)23-10/h4,6-7,10,19-21H,2-3H2,1H3,(H,14,15)(H3,13,16,17,22)/t4-,6+,7-,10+/m0/s1. The smallest absolute Gasteiger partial charge is 0.280 e. The Balaban J connectivity index is 2.19. The largest absolute Gasteiger partial charge is 0.394 e. The Bertz CT molecular complexity index is 773. The number of imidazole rings is 1. The molecule has 126 valence electrons. The third kappa shape index (κ3) is 2.43. The molecule has 0 saturated carbocycles. The Labute approximate surface area is 129 Å². The number of fused-ring (bicyclic) bond motifs is 1. The first kappa shape index (κ1) is 15.7. The van der Waals surface area contributed by atoms with Crippen molar-refractivity contribution in [1.82, 2.24) is 19.5 Å². The molecule has 0 amide bonds. The Morgan fingerprint density at radius 1 is 1.39 bits per heavy atom. The van der Waals surface area contributed by atoms with Gasteiger partial charge in [0, 0.05) is 6.54 Å². The number of aromatic nitrogens is 4. The number of rotatable bonds is 4. The molecular weight excluding hydrogens is 308 g/mol. The summed E-state index contributed by atoms with van der Waals surface area (Å²) < 4.78 is 6.85. The highest BCUT2D eigenvalue weighted by Crippen LogP contribution is 2.33. The Morgan fingerprint density at radius 2 is 2.13 bits per heavy atom. The first-order chi connectivity index (χ1) is 11.0. The monoisotopic (exact) mass is 326 g/mol. The fourth-order valence-corrected chi connectivity index (χ4v) is 2.62. The Morgan fingerprint density at radius 3 is 2.74 bits per heavy atom. The van der Waals surface area contributed by atoms with E-state index in [9.17, 15) is 20.1 Å². The van der Waals surface area contributed by atoms with Crippen LogP contribution in [-0.4, -0.2) is 66.3 Å². The lowest BCUT2D eigenvalue weighted by Gasteiger charge is -2.19. The average Bonchev–Trinajstić information content (AvgIpc) is 2.99. The first-order valence-electron chi connectivity index (χ1n) is 7.12. The number of nitrogens with two attached hydrogens (primary N) is 1. The normalized spacial score (nSPS) is 27.7. The maximum Gasteiger partial charge on any atom is 0.280 e. The fraction of sp³-hybridized carbons (Fsp3) is 0.583. The SMILES string of the molecule is CCNc1nc2c(=O)[nH]c(N)nc2n1[C@@H]1O[C@@H](CO)[C@@H](O)[C@@H]1O. The fourth-order valence-electron chi connectivity index (χ4n) is 2.62. The number of aliphatic hydroxyl groups is 3. The Kier molecular flexibility index (Phi) is 3.93. The van der Waals surface area contributed by atoms with Gasteiger partial charge in [-0.3, -0.25) is 14.3 Å². The van der Waals surface area contributed by atoms with Crippen LogP contribution in [0.3, 0.4) is 0 Å². The van der Waals surface area contributed by atoms with Gasteiger partial charge < -0.3 is 31.1 Å². The van der Waals surface area contributed by atoms with Crippen molar-refractivity contribution < 1.29 is 20.1 Å². The van der Waals surface area contributed by atoms with Crippen LogP contribution < -0.4 is 16.6 Å². The van der Waals surface area contributed by atoms with Crippen LogP contribution in [-0.2, 0) is 4.74 Å². The predicted molar refractivity (Wildman–Crippen MR) is 79.7 cm³/mol. The van der Waals surface area contributed by atoms with Gasteiger partial charge in [-0.15, -0.1) is 0 Å². The zero-order valence-electron chi connectivity index (χ0n) is 12.3.